The Kier molecular flexibility index (Phi) is 4.39. The van der Waals surface area contributed by atoms with Gasteiger partial charge in [-0.1, -0.05) is 6.07 Å². The fraction of sp³-hybridized carbons (Fsp3) is 0.0952. The second kappa shape index (κ2) is 7.24. The molecule has 5 aromatic rings. The van der Waals surface area contributed by atoms with Crippen LogP contribution in [-0.2, 0) is 0 Å². The number of hydrogen-bond donors (Lipinski definition) is 2. The lowest BCUT2D eigenvalue weighted by Crippen LogP contribution is -2.27. The minimum absolute atomic E-state index is 0.0944. The van der Waals surface area contributed by atoms with Crippen LogP contribution in [0.1, 0.15) is 18.8 Å². The summed E-state index contributed by atoms with van der Waals surface area (Å²) in [5.41, 5.74) is 1.17. The quantitative estimate of drug-likeness (QED) is 0.462. The molecule has 10 heteroatoms. The molecule has 0 radical (unpaired) electrons. The third-order valence-corrected chi connectivity index (χ3v) is 4.88. The van der Waals surface area contributed by atoms with Crippen LogP contribution in [0, 0.1) is 11.6 Å². The number of halogens is 2. The van der Waals surface area contributed by atoms with Crippen molar-refractivity contribution in [3.63, 3.8) is 0 Å². The van der Waals surface area contributed by atoms with Gasteiger partial charge in [0.2, 0.25) is 0 Å². The number of nitrogens with one attached hydrogen (secondary N) is 2. The van der Waals surface area contributed by atoms with E-state index in [0.717, 1.165) is 6.07 Å². The molecule has 2 N–H and O–H groups in total. The zero-order valence-electron chi connectivity index (χ0n) is 16.2. The Morgan fingerprint density at radius 1 is 1.06 bits per heavy atom. The van der Waals surface area contributed by atoms with E-state index in [9.17, 15) is 13.6 Å². The fourth-order valence-electron chi connectivity index (χ4n) is 3.47. The molecule has 0 spiro atoms. The van der Waals surface area contributed by atoms with E-state index in [4.69, 9.17) is 0 Å². The Hall–Kier alpha value is -4.21. The van der Waals surface area contributed by atoms with Crippen molar-refractivity contribution < 1.29 is 8.78 Å². The van der Waals surface area contributed by atoms with E-state index in [-0.39, 0.29) is 11.1 Å². The summed E-state index contributed by atoms with van der Waals surface area (Å²) in [7, 11) is 0. The summed E-state index contributed by atoms with van der Waals surface area (Å²) in [6.45, 7) is 1.79. The normalized spacial score (nSPS) is 12.4. The molecule has 3 heterocycles. The van der Waals surface area contributed by atoms with Crippen molar-refractivity contribution >= 4 is 27.9 Å². The molecule has 154 valence electrons. The van der Waals surface area contributed by atoms with Crippen LogP contribution >= 0.6 is 0 Å². The lowest BCUT2D eigenvalue weighted by molar-refractivity contribution is 0.623. The van der Waals surface area contributed by atoms with Crippen LogP contribution in [0.4, 0.5) is 14.6 Å². The van der Waals surface area contributed by atoms with Crippen molar-refractivity contribution in [1.82, 2.24) is 29.5 Å². The minimum atomic E-state index is -0.557. The molecule has 0 aliphatic rings. The fourth-order valence-corrected chi connectivity index (χ4v) is 3.47. The van der Waals surface area contributed by atoms with Crippen LogP contribution in [0.2, 0.25) is 0 Å². The first-order valence-electron chi connectivity index (χ1n) is 9.40. The van der Waals surface area contributed by atoms with Gasteiger partial charge in [0.25, 0.3) is 5.56 Å². The number of benzene rings is 2. The monoisotopic (exact) mass is 419 g/mol. The zero-order chi connectivity index (χ0) is 21.5. The van der Waals surface area contributed by atoms with Crippen LogP contribution in [0.5, 0.6) is 0 Å². The standard InChI is InChI=1S/C21H15F2N7O/c1-11(28-19-17-18(25-9-24-17)26-10-27-19)20-29-16-6-5-13(23)8-15(16)21(31)30(20)14-4-2-3-12(22)7-14/h2-11H,1H3,(H2,24,25,26,27,28). The Balaban J connectivity index is 1.71. The van der Waals surface area contributed by atoms with E-state index in [0.29, 0.717) is 28.3 Å². The number of aromatic nitrogens is 6. The van der Waals surface area contributed by atoms with Crippen molar-refractivity contribution in [2.24, 2.45) is 0 Å². The molecule has 5 rings (SSSR count). The van der Waals surface area contributed by atoms with E-state index in [1.54, 1.807) is 13.0 Å². The predicted molar refractivity (Wildman–Crippen MR) is 111 cm³/mol. The second-order valence-corrected chi connectivity index (χ2v) is 6.94. The molecule has 1 atom stereocenters. The summed E-state index contributed by atoms with van der Waals surface area (Å²) < 4.78 is 29.0. The third-order valence-electron chi connectivity index (χ3n) is 4.88. The molecule has 31 heavy (non-hydrogen) atoms. The molecule has 0 saturated carbocycles. The number of anilines is 1. The van der Waals surface area contributed by atoms with Crippen LogP contribution in [0.25, 0.3) is 27.8 Å². The number of rotatable bonds is 4. The number of imidazole rings is 1. The molecule has 0 amide bonds. The Bertz CT molecular complexity index is 1490. The summed E-state index contributed by atoms with van der Waals surface area (Å²) in [6, 6.07) is 8.84. The first-order valence-corrected chi connectivity index (χ1v) is 9.40. The number of fused-ring (bicyclic) bond motifs is 2. The van der Waals surface area contributed by atoms with Gasteiger partial charge in [-0.25, -0.2) is 28.7 Å². The topological polar surface area (TPSA) is 101 Å². The highest BCUT2D eigenvalue weighted by Gasteiger charge is 2.20. The van der Waals surface area contributed by atoms with Gasteiger partial charge in [0.05, 0.1) is 29.0 Å². The largest absolute Gasteiger partial charge is 0.358 e. The molecule has 0 bridgehead atoms. The number of H-pyrrole nitrogens is 1. The summed E-state index contributed by atoms with van der Waals surface area (Å²) in [5, 5.41) is 3.29. The number of hydrogen-bond acceptors (Lipinski definition) is 6. The maximum atomic E-state index is 13.9. The van der Waals surface area contributed by atoms with Crippen molar-refractivity contribution in [3.8, 4) is 5.69 Å². The van der Waals surface area contributed by atoms with Gasteiger partial charge in [-0.15, -0.1) is 0 Å². The van der Waals surface area contributed by atoms with E-state index in [2.05, 4.69) is 30.2 Å². The van der Waals surface area contributed by atoms with Crippen LogP contribution in [0.15, 0.2) is 59.9 Å². The van der Waals surface area contributed by atoms with E-state index >= 15 is 0 Å². The van der Waals surface area contributed by atoms with Gasteiger partial charge >= 0.3 is 0 Å². The first-order chi connectivity index (χ1) is 15.0. The van der Waals surface area contributed by atoms with Crippen molar-refractivity contribution in [1.29, 1.82) is 0 Å². The highest BCUT2D eigenvalue weighted by Crippen LogP contribution is 2.24. The molecule has 1 unspecified atom stereocenters. The molecule has 2 aromatic carbocycles. The van der Waals surface area contributed by atoms with E-state index in [1.165, 1.54) is 47.6 Å². The molecule has 3 aromatic heterocycles. The van der Waals surface area contributed by atoms with Gasteiger partial charge in [-0.05, 0) is 43.3 Å². The van der Waals surface area contributed by atoms with Gasteiger partial charge in [0.1, 0.15) is 29.3 Å². The molecule has 0 fully saturated rings. The summed E-state index contributed by atoms with van der Waals surface area (Å²) in [6.07, 6.45) is 2.88. The van der Waals surface area contributed by atoms with Crippen LogP contribution in [-0.4, -0.2) is 29.5 Å². The van der Waals surface area contributed by atoms with E-state index in [1.807, 2.05) is 0 Å². The SMILES string of the molecule is CC(Nc1ncnc2[nH]cnc12)c1nc2ccc(F)cc2c(=O)n1-c1cccc(F)c1. The Morgan fingerprint density at radius 3 is 2.74 bits per heavy atom. The molecular formula is C21H15F2N7O. The maximum Gasteiger partial charge on any atom is 0.266 e. The molecule has 8 nitrogen and oxygen atoms in total. The maximum absolute atomic E-state index is 13.9. The number of aromatic amines is 1. The van der Waals surface area contributed by atoms with Gasteiger partial charge in [0, 0.05) is 0 Å². The van der Waals surface area contributed by atoms with Gasteiger partial charge in [-0.3, -0.25) is 9.36 Å². The summed E-state index contributed by atoms with van der Waals surface area (Å²) >= 11 is 0. The lowest BCUT2D eigenvalue weighted by atomic mass is 10.2. The molecular weight excluding hydrogens is 404 g/mol. The minimum Gasteiger partial charge on any atom is -0.358 e. The molecule has 0 aliphatic carbocycles. The van der Waals surface area contributed by atoms with E-state index < -0.39 is 23.2 Å². The average molecular weight is 419 g/mol. The van der Waals surface area contributed by atoms with Gasteiger partial charge in [0.15, 0.2) is 11.5 Å². The van der Waals surface area contributed by atoms with Crippen LogP contribution < -0.4 is 10.9 Å². The Labute approximate surface area is 173 Å². The van der Waals surface area contributed by atoms with Crippen LogP contribution in [0.3, 0.4) is 0 Å². The smallest absolute Gasteiger partial charge is 0.266 e. The van der Waals surface area contributed by atoms with Gasteiger partial charge in [-0.2, -0.15) is 0 Å². The number of nitrogens with zero attached hydrogens (tertiary/aromatic N) is 5. The Morgan fingerprint density at radius 2 is 1.90 bits per heavy atom. The third kappa shape index (κ3) is 3.27. The summed E-state index contributed by atoms with van der Waals surface area (Å²) in [5.74, 6) is -0.322. The molecule has 0 aliphatic heterocycles. The highest BCUT2D eigenvalue weighted by atomic mass is 19.1. The lowest BCUT2D eigenvalue weighted by Gasteiger charge is -2.20. The average Bonchev–Trinajstić information content (AvgIpc) is 3.24. The predicted octanol–water partition coefficient (Wildman–Crippen LogP) is 3.50. The summed E-state index contributed by atoms with van der Waals surface area (Å²) in [4.78, 5) is 33.3. The van der Waals surface area contributed by atoms with Crippen molar-refractivity contribution in [2.45, 2.75) is 13.0 Å². The van der Waals surface area contributed by atoms with Crippen molar-refractivity contribution in [2.75, 3.05) is 5.32 Å². The zero-order valence-corrected chi connectivity index (χ0v) is 16.2. The van der Waals surface area contributed by atoms with Gasteiger partial charge < -0.3 is 10.3 Å². The second-order valence-electron chi connectivity index (χ2n) is 6.94. The first kappa shape index (κ1) is 18.8. The highest BCUT2D eigenvalue weighted by molar-refractivity contribution is 5.82. The molecule has 0 saturated heterocycles. The van der Waals surface area contributed by atoms with Crippen molar-refractivity contribution in [3.05, 3.63) is 82.9 Å².